The van der Waals surface area contributed by atoms with Crippen LogP contribution in [0.4, 0.5) is 17.6 Å². The highest BCUT2D eigenvalue weighted by molar-refractivity contribution is 5.85. The second kappa shape index (κ2) is 2.91. The van der Waals surface area contributed by atoms with Crippen molar-refractivity contribution in [2.24, 2.45) is 0 Å². The Morgan fingerprint density at radius 1 is 1.25 bits per heavy atom. The SMILES string of the molecule is C=C(F)C(F)(F)F.Cl. The predicted molar refractivity (Wildman–Crippen MR) is 23.6 cm³/mol. The zero-order chi connectivity index (χ0) is 6.08. The molecule has 8 heavy (non-hydrogen) atoms. The summed E-state index contributed by atoms with van der Waals surface area (Å²) in [7, 11) is 0. The second-order valence-corrected chi connectivity index (χ2v) is 0.903. The maximum absolute atomic E-state index is 10.9. The van der Waals surface area contributed by atoms with E-state index in [-0.39, 0.29) is 12.4 Å². The topological polar surface area (TPSA) is 0 Å². The summed E-state index contributed by atoms with van der Waals surface area (Å²) < 4.78 is 43.0. The lowest BCUT2D eigenvalue weighted by Crippen LogP contribution is -2.05. The predicted octanol–water partition coefficient (Wildman–Crippen LogP) is 2.45. The molecule has 0 aromatic carbocycles. The van der Waals surface area contributed by atoms with Gasteiger partial charge in [0.25, 0.3) is 0 Å². The summed E-state index contributed by atoms with van der Waals surface area (Å²) in [6, 6.07) is 0. The van der Waals surface area contributed by atoms with Gasteiger partial charge >= 0.3 is 6.18 Å². The van der Waals surface area contributed by atoms with Gasteiger partial charge in [0.05, 0.1) is 0 Å². The second-order valence-electron chi connectivity index (χ2n) is 0.903. The van der Waals surface area contributed by atoms with Gasteiger partial charge in [-0.1, -0.05) is 6.58 Å². The molecule has 5 heteroatoms. The van der Waals surface area contributed by atoms with Gasteiger partial charge in [-0.15, -0.1) is 12.4 Å². The molecule has 0 fully saturated rings. The third-order valence-electron chi connectivity index (χ3n) is 0.308. The van der Waals surface area contributed by atoms with E-state index in [9.17, 15) is 17.6 Å². The van der Waals surface area contributed by atoms with E-state index in [0.717, 1.165) is 0 Å². The molecule has 0 aliphatic rings. The molecule has 0 aliphatic heterocycles. The van der Waals surface area contributed by atoms with Crippen LogP contribution in [-0.2, 0) is 0 Å². The van der Waals surface area contributed by atoms with E-state index in [1.54, 1.807) is 0 Å². The standard InChI is InChI=1S/C3H2F4.ClH/c1-2(4)3(5,6)7;/h1H2;1H. The molecule has 0 aromatic heterocycles. The number of allylic oxidation sites excluding steroid dienone is 1. The van der Waals surface area contributed by atoms with Gasteiger partial charge in [0, 0.05) is 0 Å². The third kappa shape index (κ3) is 3.92. The molecule has 0 nitrogen and oxygen atoms in total. The van der Waals surface area contributed by atoms with Crippen molar-refractivity contribution < 1.29 is 17.6 Å². The minimum Gasteiger partial charge on any atom is -0.202 e. The first-order valence-electron chi connectivity index (χ1n) is 1.36. The van der Waals surface area contributed by atoms with Crippen molar-refractivity contribution in [2.75, 3.05) is 0 Å². The van der Waals surface area contributed by atoms with Crippen molar-refractivity contribution in [1.29, 1.82) is 0 Å². The zero-order valence-corrected chi connectivity index (χ0v) is 4.44. The molecule has 0 spiro atoms. The molecule has 0 aliphatic carbocycles. The lowest BCUT2D eigenvalue weighted by atomic mass is 10.6. The summed E-state index contributed by atoms with van der Waals surface area (Å²) in [5.41, 5.74) is 0. The molecule has 0 aromatic rings. The largest absolute Gasteiger partial charge is 0.442 e. The Kier molecular flexibility index (Phi) is 3.89. The minimum atomic E-state index is -4.86. The number of rotatable bonds is 0. The molecule has 0 atom stereocenters. The van der Waals surface area contributed by atoms with Crippen LogP contribution in [0.15, 0.2) is 12.4 Å². The molecule has 0 radical (unpaired) electrons. The molecule has 0 unspecified atom stereocenters. The lowest BCUT2D eigenvalue weighted by Gasteiger charge is -1.97. The molecular weight excluding hydrogens is 147 g/mol. The van der Waals surface area contributed by atoms with Gasteiger partial charge in [-0.05, 0) is 0 Å². The van der Waals surface area contributed by atoms with Crippen LogP contribution >= 0.6 is 12.4 Å². The summed E-state index contributed by atoms with van der Waals surface area (Å²) in [5, 5.41) is 0. The maximum Gasteiger partial charge on any atom is 0.442 e. The zero-order valence-electron chi connectivity index (χ0n) is 3.63. The van der Waals surface area contributed by atoms with E-state index in [2.05, 4.69) is 0 Å². The maximum atomic E-state index is 10.9. The van der Waals surface area contributed by atoms with Gasteiger partial charge in [0.1, 0.15) is 0 Å². The lowest BCUT2D eigenvalue weighted by molar-refractivity contribution is -0.108. The first-order valence-corrected chi connectivity index (χ1v) is 1.36. The summed E-state index contributed by atoms with van der Waals surface area (Å²) in [6.45, 7) is 2.03. The highest BCUT2D eigenvalue weighted by Crippen LogP contribution is 2.23. The van der Waals surface area contributed by atoms with Crippen molar-refractivity contribution in [2.45, 2.75) is 6.18 Å². The average molecular weight is 151 g/mol. The van der Waals surface area contributed by atoms with Crippen molar-refractivity contribution in [3.63, 3.8) is 0 Å². The normalized spacial score (nSPS) is 10.0. The van der Waals surface area contributed by atoms with Crippen LogP contribution in [-0.4, -0.2) is 6.18 Å². The van der Waals surface area contributed by atoms with E-state index in [0.29, 0.717) is 0 Å². The van der Waals surface area contributed by atoms with Crippen molar-refractivity contribution in [3.05, 3.63) is 12.4 Å². The fraction of sp³-hybridized carbons (Fsp3) is 0.333. The summed E-state index contributed by atoms with van der Waals surface area (Å²) in [5.74, 6) is -2.26. The van der Waals surface area contributed by atoms with Crippen molar-refractivity contribution in [3.8, 4) is 0 Å². The molecular formula is C3H3ClF4. The molecule has 0 N–H and O–H groups in total. The Balaban J connectivity index is 0. The molecule has 50 valence electrons. The third-order valence-corrected chi connectivity index (χ3v) is 0.308. The van der Waals surface area contributed by atoms with Gasteiger partial charge < -0.3 is 0 Å². The Labute approximate surface area is 49.6 Å². The Bertz CT molecular complexity index is 83.8. The first-order chi connectivity index (χ1) is 2.94. The molecule has 0 heterocycles. The quantitative estimate of drug-likeness (QED) is 0.466. The van der Waals surface area contributed by atoms with Gasteiger partial charge in [-0.3, -0.25) is 0 Å². The highest BCUT2D eigenvalue weighted by atomic mass is 35.5. The van der Waals surface area contributed by atoms with Crippen LogP contribution < -0.4 is 0 Å². The van der Waals surface area contributed by atoms with Gasteiger partial charge in [0.2, 0.25) is 0 Å². The number of halogens is 5. The molecule has 0 bridgehead atoms. The molecule has 0 rings (SSSR count). The fourth-order valence-corrected chi connectivity index (χ4v) is 0. The molecule has 0 saturated carbocycles. The summed E-state index contributed by atoms with van der Waals surface area (Å²) in [4.78, 5) is 0. The van der Waals surface area contributed by atoms with Gasteiger partial charge in [-0.2, -0.15) is 13.2 Å². The van der Waals surface area contributed by atoms with E-state index in [4.69, 9.17) is 0 Å². The number of hydrogen-bond acceptors (Lipinski definition) is 0. The van der Waals surface area contributed by atoms with E-state index in [1.807, 2.05) is 6.58 Å². The van der Waals surface area contributed by atoms with Crippen LogP contribution in [0.5, 0.6) is 0 Å². The van der Waals surface area contributed by atoms with Crippen LogP contribution in [0.2, 0.25) is 0 Å². The average Bonchev–Trinajstić information content (AvgIpc) is 1.31. The van der Waals surface area contributed by atoms with E-state index in [1.165, 1.54) is 0 Å². The van der Waals surface area contributed by atoms with Gasteiger partial charge in [0.15, 0.2) is 5.83 Å². The van der Waals surface area contributed by atoms with E-state index >= 15 is 0 Å². The Morgan fingerprint density at radius 3 is 1.38 bits per heavy atom. The monoisotopic (exact) mass is 150 g/mol. The van der Waals surface area contributed by atoms with Crippen LogP contribution in [0, 0.1) is 0 Å². The Morgan fingerprint density at radius 2 is 1.38 bits per heavy atom. The molecule has 0 amide bonds. The first kappa shape index (κ1) is 10.7. The van der Waals surface area contributed by atoms with Gasteiger partial charge in [-0.25, -0.2) is 4.39 Å². The summed E-state index contributed by atoms with van der Waals surface area (Å²) in [6.07, 6.45) is -4.86. The number of hydrogen-bond donors (Lipinski definition) is 0. The smallest absolute Gasteiger partial charge is 0.202 e. The highest BCUT2D eigenvalue weighted by Gasteiger charge is 2.32. The van der Waals surface area contributed by atoms with Crippen molar-refractivity contribution >= 4 is 12.4 Å². The van der Waals surface area contributed by atoms with Crippen LogP contribution in [0.1, 0.15) is 0 Å². The van der Waals surface area contributed by atoms with Crippen molar-refractivity contribution in [1.82, 2.24) is 0 Å². The molecule has 0 saturated heterocycles. The Hall–Kier alpha value is -0.250. The number of alkyl halides is 3. The minimum absolute atomic E-state index is 0. The van der Waals surface area contributed by atoms with E-state index < -0.39 is 12.0 Å². The summed E-state index contributed by atoms with van der Waals surface area (Å²) >= 11 is 0. The van der Waals surface area contributed by atoms with Crippen LogP contribution in [0.25, 0.3) is 0 Å². The fourth-order valence-electron chi connectivity index (χ4n) is 0. The van der Waals surface area contributed by atoms with Crippen LogP contribution in [0.3, 0.4) is 0 Å².